The van der Waals surface area contributed by atoms with Gasteiger partial charge in [-0.05, 0) is 43.1 Å². The van der Waals surface area contributed by atoms with Gasteiger partial charge in [-0.25, -0.2) is 0 Å². The van der Waals surface area contributed by atoms with Gasteiger partial charge in [-0.3, -0.25) is 4.79 Å². The molecule has 0 radical (unpaired) electrons. The molecule has 1 unspecified atom stereocenters. The first-order valence-corrected chi connectivity index (χ1v) is 8.79. The van der Waals surface area contributed by atoms with Crippen LogP contribution in [0.15, 0.2) is 30.3 Å². The Kier molecular flexibility index (Phi) is 4.50. The van der Waals surface area contributed by atoms with Gasteiger partial charge in [0.2, 0.25) is 0 Å². The van der Waals surface area contributed by atoms with Crippen molar-refractivity contribution in [3.05, 3.63) is 35.9 Å². The van der Waals surface area contributed by atoms with Gasteiger partial charge < -0.3 is 9.84 Å². The van der Waals surface area contributed by atoms with Crippen LogP contribution in [0.3, 0.4) is 0 Å². The Labute approximate surface area is 139 Å². The van der Waals surface area contributed by atoms with Gasteiger partial charge in [0.1, 0.15) is 6.10 Å². The predicted octanol–water partition coefficient (Wildman–Crippen LogP) is 3.59. The van der Waals surface area contributed by atoms with Crippen molar-refractivity contribution in [2.24, 2.45) is 23.2 Å². The molecule has 0 spiro atoms. The van der Waals surface area contributed by atoms with Gasteiger partial charge in [0.15, 0.2) is 0 Å². The van der Waals surface area contributed by atoms with Crippen LogP contribution < -0.4 is 0 Å². The lowest BCUT2D eigenvalue weighted by Gasteiger charge is -2.61. The minimum Gasteiger partial charge on any atom is -0.462 e. The fourth-order valence-electron chi connectivity index (χ4n) is 4.58. The topological polar surface area (TPSA) is 46.5 Å². The summed E-state index contributed by atoms with van der Waals surface area (Å²) in [6.45, 7) is 6.24. The van der Waals surface area contributed by atoms with Crippen molar-refractivity contribution < 1.29 is 14.6 Å². The van der Waals surface area contributed by atoms with E-state index >= 15 is 0 Å². The molecule has 3 nitrogen and oxygen atoms in total. The number of carbonyl (C=O) groups is 1. The summed E-state index contributed by atoms with van der Waals surface area (Å²) in [7, 11) is 0. The van der Waals surface area contributed by atoms with Crippen molar-refractivity contribution in [3.8, 4) is 0 Å². The summed E-state index contributed by atoms with van der Waals surface area (Å²) in [5.74, 6) is 1.33. The van der Waals surface area contributed by atoms with Gasteiger partial charge in [-0.15, -0.1) is 0 Å². The molecule has 23 heavy (non-hydrogen) atoms. The molecule has 0 amide bonds. The molecule has 1 N–H and O–H groups in total. The Hall–Kier alpha value is -1.35. The molecule has 0 saturated heterocycles. The van der Waals surface area contributed by atoms with Crippen molar-refractivity contribution >= 4 is 5.97 Å². The maximum atomic E-state index is 12.1. The van der Waals surface area contributed by atoms with Crippen LogP contribution in [0.25, 0.3) is 0 Å². The fraction of sp³-hybridized carbons (Fsp3) is 0.650. The highest BCUT2D eigenvalue weighted by Crippen LogP contribution is 2.61. The van der Waals surface area contributed by atoms with Crippen LogP contribution in [0.4, 0.5) is 0 Å². The van der Waals surface area contributed by atoms with Crippen molar-refractivity contribution in [1.29, 1.82) is 0 Å². The molecule has 5 atom stereocenters. The Morgan fingerprint density at radius 3 is 2.61 bits per heavy atom. The maximum absolute atomic E-state index is 12.1. The lowest BCUT2D eigenvalue weighted by Crippen LogP contribution is -2.59. The highest BCUT2D eigenvalue weighted by molar-refractivity contribution is 5.70. The summed E-state index contributed by atoms with van der Waals surface area (Å²) < 4.78 is 5.87. The zero-order valence-corrected chi connectivity index (χ0v) is 14.4. The van der Waals surface area contributed by atoms with Crippen molar-refractivity contribution in [1.82, 2.24) is 0 Å². The number of rotatable bonds is 5. The zero-order chi connectivity index (χ0) is 16.6. The highest BCUT2D eigenvalue weighted by Gasteiger charge is 2.59. The molecular formula is C20H28O3. The van der Waals surface area contributed by atoms with E-state index in [1.807, 2.05) is 6.07 Å². The van der Waals surface area contributed by atoms with Crippen LogP contribution in [0.5, 0.6) is 0 Å². The third-order valence-corrected chi connectivity index (χ3v) is 6.07. The van der Waals surface area contributed by atoms with Gasteiger partial charge in [-0.2, -0.15) is 0 Å². The van der Waals surface area contributed by atoms with Gasteiger partial charge in [-0.1, -0.05) is 44.2 Å². The number of ether oxygens (including phenoxy) is 1. The average molecular weight is 316 g/mol. The highest BCUT2D eigenvalue weighted by atomic mass is 16.5. The van der Waals surface area contributed by atoms with Crippen LogP contribution in [-0.2, 0) is 16.0 Å². The molecule has 0 aromatic heterocycles. The third kappa shape index (κ3) is 3.30. The monoisotopic (exact) mass is 316 g/mol. The van der Waals surface area contributed by atoms with Gasteiger partial charge in [0, 0.05) is 11.8 Å². The average Bonchev–Trinajstić information content (AvgIpc) is 2.48. The van der Waals surface area contributed by atoms with Crippen LogP contribution >= 0.6 is 0 Å². The molecule has 2 bridgehead atoms. The molecule has 1 aromatic rings. The van der Waals surface area contributed by atoms with E-state index in [4.69, 9.17) is 4.74 Å². The van der Waals surface area contributed by atoms with Crippen LogP contribution in [-0.4, -0.2) is 23.3 Å². The molecule has 0 aliphatic heterocycles. The zero-order valence-electron chi connectivity index (χ0n) is 14.4. The lowest BCUT2D eigenvalue weighted by atomic mass is 9.45. The molecule has 3 aliphatic carbocycles. The van der Waals surface area contributed by atoms with E-state index in [9.17, 15) is 9.90 Å². The van der Waals surface area contributed by atoms with Gasteiger partial charge in [0.25, 0.3) is 0 Å². The minimum absolute atomic E-state index is 0.0125. The van der Waals surface area contributed by atoms with Crippen LogP contribution in [0.1, 0.15) is 45.6 Å². The normalized spacial score (nSPS) is 32.7. The number of aliphatic hydroxyl groups excluding tert-OH is 1. The van der Waals surface area contributed by atoms with E-state index in [0.29, 0.717) is 11.8 Å². The second-order valence-corrected chi connectivity index (χ2v) is 8.05. The first-order chi connectivity index (χ1) is 10.9. The van der Waals surface area contributed by atoms with E-state index in [0.717, 1.165) is 18.8 Å². The quantitative estimate of drug-likeness (QED) is 0.844. The SMILES string of the molecule is CC(O)CC(=O)O[C@@H]1[C@H](Cc2ccccc2)C[C@H]2C[C@@H]1C2(C)C. The van der Waals surface area contributed by atoms with E-state index in [-0.39, 0.29) is 23.9 Å². The van der Waals surface area contributed by atoms with E-state index in [2.05, 4.69) is 38.1 Å². The molecule has 3 fully saturated rings. The smallest absolute Gasteiger partial charge is 0.308 e. The first-order valence-electron chi connectivity index (χ1n) is 8.79. The molecule has 3 heteroatoms. The van der Waals surface area contributed by atoms with Crippen molar-refractivity contribution in [2.75, 3.05) is 0 Å². The molecule has 4 rings (SSSR count). The fourth-order valence-corrected chi connectivity index (χ4v) is 4.58. The predicted molar refractivity (Wildman–Crippen MR) is 89.8 cm³/mol. The number of hydrogen-bond donors (Lipinski definition) is 1. The lowest BCUT2D eigenvalue weighted by molar-refractivity contribution is -0.199. The van der Waals surface area contributed by atoms with Gasteiger partial charge >= 0.3 is 5.97 Å². The van der Waals surface area contributed by atoms with E-state index in [1.165, 1.54) is 12.0 Å². The molecular weight excluding hydrogens is 288 g/mol. The summed E-state index contributed by atoms with van der Waals surface area (Å²) in [5, 5.41) is 9.43. The number of carbonyl (C=O) groups excluding carboxylic acids is 1. The first kappa shape index (κ1) is 16.5. The molecule has 1 aromatic carbocycles. The maximum Gasteiger partial charge on any atom is 0.308 e. The summed E-state index contributed by atoms with van der Waals surface area (Å²) in [6, 6.07) is 10.5. The second-order valence-electron chi connectivity index (χ2n) is 8.05. The van der Waals surface area contributed by atoms with Gasteiger partial charge in [0.05, 0.1) is 12.5 Å². The summed E-state index contributed by atoms with van der Waals surface area (Å²) >= 11 is 0. The number of hydrogen-bond acceptors (Lipinski definition) is 3. The number of fused-ring (bicyclic) bond motifs is 2. The molecule has 126 valence electrons. The summed E-state index contributed by atoms with van der Waals surface area (Å²) in [5.41, 5.74) is 1.58. The number of aliphatic hydroxyl groups is 1. The standard InChI is InChI=1S/C20H28O3/c1-13(21)9-18(22)23-19-15(10-14-7-5-4-6-8-14)11-16-12-17(19)20(16,2)3/h4-8,13,15-17,19,21H,9-12H2,1-3H3/t13?,15-,16+,17+,19-/m1/s1. The molecule has 3 saturated carbocycles. The molecule has 0 heterocycles. The van der Waals surface area contributed by atoms with Crippen molar-refractivity contribution in [3.63, 3.8) is 0 Å². The second kappa shape index (κ2) is 6.27. The van der Waals surface area contributed by atoms with Crippen LogP contribution in [0, 0.1) is 23.2 Å². The Bertz CT molecular complexity index is 549. The number of benzene rings is 1. The Balaban J connectivity index is 1.73. The summed E-state index contributed by atoms with van der Waals surface area (Å²) in [4.78, 5) is 12.1. The minimum atomic E-state index is -0.638. The van der Waals surface area contributed by atoms with E-state index in [1.54, 1.807) is 6.92 Å². The number of esters is 1. The third-order valence-electron chi connectivity index (χ3n) is 6.07. The van der Waals surface area contributed by atoms with Crippen molar-refractivity contribution in [2.45, 2.75) is 58.7 Å². The Morgan fingerprint density at radius 2 is 2.00 bits per heavy atom. The Morgan fingerprint density at radius 1 is 1.30 bits per heavy atom. The largest absolute Gasteiger partial charge is 0.462 e. The van der Waals surface area contributed by atoms with E-state index < -0.39 is 6.10 Å². The summed E-state index contributed by atoms with van der Waals surface area (Å²) in [6.07, 6.45) is 2.71. The van der Waals surface area contributed by atoms with Crippen LogP contribution in [0.2, 0.25) is 0 Å². The molecule has 3 aliphatic rings.